The van der Waals surface area contributed by atoms with Crippen molar-refractivity contribution >= 4 is 5.69 Å². The number of aliphatic hydroxyl groups excluding tert-OH is 2. The number of nitrogens with zero attached hydrogens (tertiary/aromatic N) is 1. The number of pyridine rings is 1. The van der Waals surface area contributed by atoms with Gasteiger partial charge in [0.15, 0.2) is 0 Å². The molecule has 6 heteroatoms. The number of hydrogen-bond acceptors (Lipinski definition) is 6. The average Bonchev–Trinajstić information content (AvgIpc) is 2.27. The van der Waals surface area contributed by atoms with Gasteiger partial charge in [0.1, 0.15) is 6.10 Å². The average molecular weight is 213 g/mol. The first-order valence-corrected chi connectivity index (χ1v) is 4.46. The molecular formula is C9H15N3O3. The second-order valence-electron chi connectivity index (χ2n) is 3.08. The summed E-state index contributed by atoms with van der Waals surface area (Å²) >= 11 is 0. The molecule has 1 aromatic heterocycles. The zero-order chi connectivity index (χ0) is 11.4. The van der Waals surface area contributed by atoms with Crippen LogP contribution in [0.1, 0.15) is 11.8 Å². The number of nitrogen functional groups attached to an aromatic ring is 1. The smallest absolute Gasteiger partial charge is 0.213 e. The Bertz CT molecular complexity index is 332. The molecule has 0 aliphatic heterocycles. The fraction of sp³-hybridized carbons (Fsp3) is 0.444. The van der Waals surface area contributed by atoms with Crippen LogP contribution in [0, 0.1) is 0 Å². The van der Waals surface area contributed by atoms with Gasteiger partial charge in [-0.1, -0.05) is 0 Å². The van der Waals surface area contributed by atoms with E-state index < -0.39 is 12.2 Å². The van der Waals surface area contributed by atoms with Gasteiger partial charge in [-0.05, 0) is 6.07 Å². The Morgan fingerprint density at radius 1 is 1.47 bits per heavy atom. The highest BCUT2D eigenvalue weighted by Gasteiger charge is 2.21. The van der Waals surface area contributed by atoms with Crippen molar-refractivity contribution in [3.8, 4) is 5.88 Å². The second kappa shape index (κ2) is 4.92. The Balaban J connectivity index is 3.01. The normalized spacial score (nSPS) is 14.7. The highest BCUT2D eigenvalue weighted by molar-refractivity contribution is 5.46. The van der Waals surface area contributed by atoms with Crippen molar-refractivity contribution in [2.75, 3.05) is 19.4 Å². The molecule has 0 bridgehead atoms. The summed E-state index contributed by atoms with van der Waals surface area (Å²) in [4.78, 5) is 3.95. The van der Waals surface area contributed by atoms with Gasteiger partial charge in [0.25, 0.3) is 0 Å². The summed E-state index contributed by atoms with van der Waals surface area (Å²) in [5.74, 6) is 0.322. The maximum absolute atomic E-state index is 9.66. The van der Waals surface area contributed by atoms with E-state index in [1.54, 1.807) is 12.1 Å². The fourth-order valence-electron chi connectivity index (χ4n) is 1.13. The van der Waals surface area contributed by atoms with Crippen molar-refractivity contribution < 1.29 is 14.9 Å². The van der Waals surface area contributed by atoms with Gasteiger partial charge >= 0.3 is 0 Å². The number of aromatic nitrogens is 1. The first-order valence-electron chi connectivity index (χ1n) is 4.46. The largest absolute Gasteiger partial charge is 0.481 e. The van der Waals surface area contributed by atoms with Gasteiger partial charge in [0.2, 0.25) is 5.88 Å². The second-order valence-corrected chi connectivity index (χ2v) is 3.08. The molecule has 1 aromatic rings. The van der Waals surface area contributed by atoms with Crippen LogP contribution in [0.2, 0.25) is 0 Å². The lowest BCUT2D eigenvalue weighted by Gasteiger charge is -2.17. The van der Waals surface area contributed by atoms with E-state index in [-0.39, 0.29) is 17.9 Å². The van der Waals surface area contributed by atoms with Crippen LogP contribution < -0.4 is 16.2 Å². The summed E-state index contributed by atoms with van der Waals surface area (Å²) in [6.45, 7) is -0.0699. The molecule has 0 saturated heterocycles. The van der Waals surface area contributed by atoms with E-state index in [0.29, 0.717) is 5.88 Å². The molecule has 2 atom stereocenters. The molecule has 6 nitrogen and oxygen atoms in total. The van der Waals surface area contributed by atoms with Crippen LogP contribution in [0.15, 0.2) is 12.1 Å². The Kier molecular flexibility index (Phi) is 3.84. The molecule has 0 saturated carbocycles. The molecule has 0 aliphatic carbocycles. The Hall–Kier alpha value is -1.37. The number of hydrogen-bond donors (Lipinski definition) is 4. The predicted octanol–water partition coefficient (Wildman–Crippen LogP) is -0.975. The topological polar surface area (TPSA) is 115 Å². The molecule has 0 radical (unpaired) electrons. The standard InChI is InChI=1S/C9H15N3O3/c1-15-7-3-2-5(11)8(12-7)9(14)6(13)4-10/h2-3,6,9,13-14H,4,10-11H2,1H3. The first kappa shape index (κ1) is 11.7. The van der Waals surface area contributed by atoms with E-state index in [1.165, 1.54) is 7.11 Å². The first-order chi connectivity index (χ1) is 7.10. The minimum absolute atomic E-state index is 0.0699. The van der Waals surface area contributed by atoms with Gasteiger partial charge in [-0.15, -0.1) is 0 Å². The minimum Gasteiger partial charge on any atom is -0.481 e. The van der Waals surface area contributed by atoms with Crippen LogP contribution in [0.25, 0.3) is 0 Å². The third kappa shape index (κ3) is 2.56. The van der Waals surface area contributed by atoms with Crippen molar-refractivity contribution in [2.45, 2.75) is 12.2 Å². The molecule has 15 heavy (non-hydrogen) atoms. The van der Waals surface area contributed by atoms with E-state index >= 15 is 0 Å². The zero-order valence-electron chi connectivity index (χ0n) is 8.42. The zero-order valence-corrected chi connectivity index (χ0v) is 8.42. The summed E-state index contributed by atoms with van der Waals surface area (Å²) in [6, 6.07) is 3.12. The van der Waals surface area contributed by atoms with Gasteiger partial charge in [-0.3, -0.25) is 0 Å². The molecular weight excluding hydrogens is 198 g/mol. The molecule has 1 heterocycles. The monoisotopic (exact) mass is 213 g/mol. The van der Waals surface area contributed by atoms with Crippen molar-refractivity contribution in [3.05, 3.63) is 17.8 Å². The fourth-order valence-corrected chi connectivity index (χ4v) is 1.13. The summed E-state index contributed by atoms with van der Waals surface area (Å²) < 4.78 is 4.88. The van der Waals surface area contributed by atoms with Crippen molar-refractivity contribution in [1.29, 1.82) is 0 Å². The highest BCUT2D eigenvalue weighted by Crippen LogP contribution is 2.23. The van der Waals surface area contributed by atoms with Crippen molar-refractivity contribution in [3.63, 3.8) is 0 Å². The SMILES string of the molecule is COc1ccc(N)c(C(O)C(O)CN)n1. The Morgan fingerprint density at radius 3 is 2.67 bits per heavy atom. The van der Waals surface area contributed by atoms with Crippen molar-refractivity contribution in [1.82, 2.24) is 4.98 Å². The number of nitrogens with two attached hydrogens (primary N) is 2. The number of anilines is 1. The highest BCUT2D eigenvalue weighted by atomic mass is 16.5. The summed E-state index contributed by atoms with van der Waals surface area (Å²) in [6.07, 6.45) is -2.29. The molecule has 2 unspecified atom stereocenters. The van der Waals surface area contributed by atoms with E-state index in [0.717, 1.165) is 0 Å². The van der Waals surface area contributed by atoms with Gasteiger partial charge in [0, 0.05) is 12.6 Å². The van der Waals surface area contributed by atoms with Gasteiger partial charge in [-0.25, -0.2) is 4.98 Å². The molecule has 84 valence electrons. The van der Waals surface area contributed by atoms with Crippen LogP contribution in [-0.4, -0.2) is 35.0 Å². The van der Waals surface area contributed by atoms with Crippen LogP contribution >= 0.6 is 0 Å². The molecule has 0 spiro atoms. The number of aliphatic hydroxyl groups is 2. The van der Waals surface area contributed by atoms with Crippen LogP contribution in [0.3, 0.4) is 0 Å². The van der Waals surface area contributed by atoms with E-state index in [2.05, 4.69) is 4.98 Å². The lowest BCUT2D eigenvalue weighted by molar-refractivity contribution is 0.0219. The summed E-state index contributed by atoms with van der Waals surface area (Å²) in [5, 5.41) is 19.0. The van der Waals surface area contributed by atoms with E-state index in [4.69, 9.17) is 16.2 Å². The maximum Gasteiger partial charge on any atom is 0.213 e. The summed E-state index contributed by atoms with van der Waals surface area (Å²) in [5.41, 5.74) is 11.3. The van der Waals surface area contributed by atoms with E-state index in [1.807, 2.05) is 0 Å². The van der Waals surface area contributed by atoms with Crippen LogP contribution in [-0.2, 0) is 0 Å². The number of ether oxygens (including phenoxy) is 1. The molecule has 0 fully saturated rings. The molecule has 6 N–H and O–H groups in total. The number of rotatable bonds is 4. The predicted molar refractivity (Wildman–Crippen MR) is 55.2 cm³/mol. The molecule has 0 aromatic carbocycles. The van der Waals surface area contributed by atoms with Gasteiger partial charge < -0.3 is 26.4 Å². The van der Waals surface area contributed by atoms with Crippen LogP contribution in [0.5, 0.6) is 5.88 Å². The Morgan fingerprint density at radius 2 is 2.13 bits per heavy atom. The van der Waals surface area contributed by atoms with Crippen molar-refractivity contribution in [2.24, 2.45) is 5.73 Å². The summed E-state index contributed by atoms with van der Waals surface area (Å²) in [7, 11) is 1.45. The van der Waals surface area contributed by atoms with Gasteiger partial charge in [0.05, 0.1) is 24.6 Å². The van der Waals surface area contributed by atoms with E-state index in [9.17, 15) is 10.2 Å². The lowest BCUT2D eigenvalue weighted by Crippen LogP contribution is -2.28. The molecule has 0 amide bonds. The maximum atomic E-state index is 9.66. The minimum atomic E-state index is -1.20. The third-order valence-electron chi connectivity index (χ3n) is 2.03. The molecule has 1 rings (SSSR count). The number of methoxy groups -OCH3 is 1. The van der Waals surface area contributed by atoms with Crippen LogP contribution in [0.4, 0.5) is 5.69 Å². The molecule has 0 aliphatic rings. The third-order valence-corrected chi connectivity index (χ3v) is 2.03. The van der Waals surface area contributed by atoms with Gasteiger partial charge in [-0.2, -0.15) is 0 Å². The lowest BCUT2D eigenvalue weighted by atomic mass is 10.1. The quantitative estimate of drug-likeness (QED) is 0.511. The Labute approximate surface area is 87.5 Å².